The molecule has 1 saturated heterocycles. The van der Waals surface area contributed by atoms with Gasteiger partial charge in [-0.25, -0.2) is 14.6 Å². The molecule has 2 fully saturated rings. The molecular formula is C26H27N3O6. The van der Waals surface area contributed by atoms with E-state index in [1.165, 1.54) is 0 Å². The van der Waals surface area contributed by atoms with Gasteiger partial charge in [0.05, 0.1) is 6.42 Å². The molecule has 1 saturated carbocycles. The zero-order chi connectivity index (χ0) is 24.5. The van der Waals surface area contributed by atoms with Crippen molar-refractivity contribution in [2.45, 2.75) is 50.1 Å². The summed E-state index contributed by atoms with van der Waals surface area (Å²) in [6, 6.07) is 14.8. The molecule has 1 heterocycles. The number of carboxylic acid groups (broad SMARTS) is 1. The van der Waals surface area contributed by atoms with Gasteiger partial charge in [-0.3, -0.25) is 15.0 Å². The molecule has 3 atom stereocenters. The summed E-state index contributed by atoms with van der Waals surface area (Å²) < 4.78 is 5.64. The summed E-state index contributed by atoms with van der Waals surface area (Å²) in [5.74, 6) is -2.38. The number of hydrogen-bond donors (Lipinski definition) is 3. The van der Waals surface area contributed by atoms with Crippen molar-refractivity contribution < 1.29 is 29.0 Å². The van der Waals surface area contributed by atoms with E-state index in [9.17, 15) is 24.3 Å². The zero-order valence-electron chi connectivity index (χ0n) is 19.1. The van der Waals surface area contributed by atoms with Gasteiger partial charge in [-0.15, -0.1) is 0 Å². The monoisotopic (exact) mass is 477 g/mol. The second-order valence-electron chi connectivity index (χ2n) is 9.33. The number of nitrogens with one attached hydrogen (secondary N) is 2. The third-order valence-electron chi connectivity index (χ3n) is 7.23. The summed E-state index contributed by atoms with van der Waals surface area (Å²) in [5, 5.41) is 13.1. The Balaban J connectivity index is 1.19. The summed E-state index contributed by atoms with van der Waals surface area (Å²) in [4.78, 5) is 48.4. The van der Waals surface area contributed by atoms with Gasteiger partial charge < -0.3 is 15.2 Å². The van der Waals surface area contributed by atoms with Crippen LogP contribution >= 0.6 is 0 Å². The van der Waals surface area contributed by atoms with Crippen LogP contribution in [0.2, 0.25) is 0 Å². The number of hydrazine groups is 1. The van der Waals surface area contributed by atoms with E-state index in [1.54, 1.807) is 0 Å². The number of nitrogens with zero attached hydrogens (tertiary/aromatic N) is 1. The lowest BCUT2D eigenvalue weighted by molar-refractivity contribution is -0.151. The number of aliphatic carboxylic acids is 1. The fourth-order valence-electron chi connectivity index (χ4n) is 5.54. The van der Waals surface area contributed by atoms with E-state index < -0.39 is 29.9 Å². The van der Waals surface area contributed by atoms with Crippen LogP contribution in [0.15, 0.2) is 48.5 Å². The summed E-state index contributed by atoms with van der Waals surface area (Å²) >= 11 is 0. The van der Waals surface area contributed by atoms with Crippen LogP contribution in [0.5, 0.6) is 0 Å². The molecule has 0 spiro atoms. The maximum absolute atomic E-state index is 12.7. The highest BCUT2D eigenvalue weighted by atomic mass is 16.5. The molecule has 182 valence electrons. The van der Waals surface area contributed by atoms with Crippen LogP contribution in [0.3, 0.4) is 0 Å². The number of alkyl carbamates (subject to hydrolysis) is 1. The predicted molar refractivity (Wildman–Crippen MR) is 125 cm³/mol. The molecule has 9 nitrogen and oxygen atoms in total. The Bertz CT molecular complexity index is 1140. The lowest BCUT2D eigenvalue weighted by Crippen LogP contribution is -2.48. The van der Waals surface area contributed by atoms with Gasteiger partial charge >= 0.3 is 12.1 Å². The maximum atomic E-state index is 12.7. The second-order valence-corrected chi connectivity index (χ2v) is 9.33. The second kappa shape index (κ2) is 9.40. The minimum atomic E-state index is -1.23. The summed E-state index contributed by atoms with van der Waals surface area (Å²) in [6.07, 6.45) is 1.51. The number of benzene rings is 2. The van der Waals surface area contributed by atoms with Crippen molar-refractivity contribution in [3.63, 3.8) is 0 Å². The average Bonchev–Trinajstić information content (AvgIpc) is 3.54. The van der Waals surface area contributed by atoms with Crippen molar-refractivity contribution in [3.8, 4) is 11.1 Å². The first kappa shape index (κ1) is 22.9. The number of ether oxygens (including phenoxy) is 1. The van der Waals surface area contributed by atoms with Crippen molar-refractivity contribution in [1.29, 1.82) is 0 Å². The number of rotatable bonds is 6. The van der Waals surface area contributed by atoms with Gasteiger partial charge in [0.25, 0.3) is 0 Å². The van der Waals surface area contributed by atoms with Gasteiger partial charge in [0.15, 0.2) is 6.04 Å². The third kappa shape index (κ3) is 4.45. The SMILES string of the molecule is O=C1CC(C(=O)O)N(C(=O)CC2CCCC2NC(=O)OCC2c3ccccc3-c3ccccc32)N1. The Morgan fingerprint density at radius 2 is 1.69 bits per heavy atom. The van der Waals surface area contributed by atoms with Gasteiger partial charge in [0.1, 0.15) is 6.61 Å². The van der Waals surface area contributed by atoms with Gasteiger partial charge in [0.2, 0.25) is 11.8 Å². The third-order valence-corrected chi connectivity index (χ3v) is 7.23. The topological polar surface area (TPSA) is 125 Å². The lowest BCUT2D eigenvalue weighted by Gasteiger charge is -2.25. The standard InChI is InChI=1S/C26H27N3O6/c30-23-13-22(25(32)33)29(28-23)24(31)12-15-6-5-11-21(15)27-26(34)35-14-20-18-9-3-1-7-16(18)17-8-2-4-10-19(17)20/h1-4,7-10,15,20-22H,5-6,11-14H2,(H,27,34)(H,28,30)(H,32,33). The number of carboxylic acids is 1. The Kier molecular flexibility index (Phi) is 6.15. The molecule has 0 aromatic heterocycles. The van der Waals surface area contributed by atoms with Gasteiger partial charge in [-0.05, 0) is 41.0 Å². The maximum Gasteiger partial charge on any atom is 0.407 e. The van der Waals surface area contributed by atoms with E-state index >= 15 is 0 Å². The van der Waals surface area contributed by atoms with Crippen molar-refractivity contribution >= 4 is 23.9 Å². The Morgan fingerprint density at radius 3 is 2.34 bits per heavy atom. The van der Waals surface area contributed by atoms with Crippen LogP contribution in [0.25, 0.3) is 11.1 Å². The molecule has 0 radical (unpaired) electrons. The number of fused-ring (bicyclic) bond motifs is 3. The first-order valence-electron chi connectivity index (χ1n) is 11.9. The van der Waals surface area contributed by atoms with Crippen molar-refractivity contribution in [2.24, 2.45) is 5.92 Å². The van der Waals surface area contributed by atoms with E-state index in [0.29, 0.717) is 6.42 Å². The van der Waals surface area contributed by atoms with Crippen molar-refractivity contribution in [2.75, 3.05) is 6.61 Å². The Hall–Kier alpha value is -3.88. The molecule has 2 aliphatic carbocycles. The predicted octanol–water partition coefficient (Wildman–Crippen LogP) is 2.80. The Labute approximate surface area is 202 Å². The van der Waals surface area contributed by atoms with Crippen LogP contribution in [-0.2, 0) is 19.1 Å². The van der Waals surface area contributed by atoms with Crippen LogP contribution < -0.4 is 10.7 Å². The highest BCUT2D eigenvalue weighted by Gasteiger charge is 2.41. The normalized spacial score (nSPS) is 22.9. The minimum absolute atomic E-state index is 0.0401. The largest absolute Gasteiger partial charge is 0.480 e. The van der Waals surface area contributed by atoms with E-state index in [2.05, 4.69) is 35.0 Å². The molecule has 1 aliphatic heterocycles. The van der Waals surface area contributed by atoms with Crippen LogP contribution in [-0.4, -0.2) is 52.7 Å². The van der Waals surface area contributed by atoms with E-state index in [-0.39, 0.29) is 37.3 Å². The quantitative estimate of drug-likeness (QED) is 0.588. The fourth-order valence-corrected chi connectivity index (χ4v) is 5.54. The van der Waals surface area contributed by atoms with Gasteiger partial charge in [-0.1, -0.05) is 55.0 Å². The molecule has 3 aliphatic rings. The van der Waals surface area contributed by atoms with E-state index in [4.69, 9.17) is 4.74 Å². The molecule has 3 amide bonds. The van der Waals surface area contributed by atoms with Crippen molar-refractivity contribution in [1.82, 2.24) is 15.8 Å². The highest BCUT2D eigenvalue weighted by Crippen LogP contribution is 2.44. The molecule has 0 bridgehead atoms. The summed E-state index contributed by atoms with van der Waals surface area (Å²) in [6.45, 7) is 0.205. The van der Waals surface area contributed by atoms with Crippen LogP contribution in [0.4, 0.5) is 4.79 Å². The minimum Gasteiger partial charge on any atom is -0.480 e. The number of amides is 3. The number of carbonyl (C=O) groups excluding carboxylic acids is 3. The molecule has 2 aromatic carbocycles. The number of hydrogen-bond acceptors (Lipinski definition) is 5. The van der Waals surface area contributed by atoms with E-state index in [0.717, 1.165) is 40.1 Å². The summed E-state index contributed by atoms with van der Waals surface area (Å²) in [7, 11) is 0. The molecular weight excluding hydrogens is 450 g/mol. The molecule has 3 N–H and O–H groups in total. The average molecular weight is 478 g/mol. The first-order valence-corrected chi connectivity index (χ1v) is 11.9. The number of carbonyl (C=O) groups is 4. The molecule has 2 aromatic rings. The van der Waals surface area contributed by atoms with Crippen molar-refractivity contribution in [3.05, 3.63) is 59.7 Å². The zero-order valence-corrected chi connectivity index (χ0v) is 19.1. The molecule has 3 unspecified atom stereocenters. The van der Waals surface area contributed by atoms with Crippen LogP contribution in [0.1, 0.15) is 49.1 Å². The Morgan fingerprint density at radius 1 is 1.03 bits per heavy atom. The summed E-state index contributed by atoms with van der Waals surface area (Å²) in [5.41, 5.74) is 6.90. The highest BCUT2D eigenvalue weighted by molar-refractivity contribution is 5.93. The molecule has 35 heavy (non-hydrogen) atoms. The first-order chi connectivity index (χ1) is 16.9. The van der Waals surface area contributed by atoms with Gasteiger partial charge in [0, 0.05) is 18.4 Å². The lowest BCUT2D eigenvalue weighted by atomic mass is 9.98. The van der Waals surface area contributed by atoms with Crippen LogP contribution in [0, 0.1) is 5.92 Å². The molecule has 5 rings (SSSR count). The van der Waals surface area contributed by atoms with E-state index in [1.807, 2.05) is 24.3 Å². The smallest absolute Gasteiger partial charge is 0.407 e. The fraction of sp³-hybridized carbons (Fsp3) is 0.385. The van der Waals surface area contributed by atoms with Gasteiger partial charge in [-0.2, -0.15) is 0 Å². The molecule has 9 heteroatoms.